The van der Waals surface area contributed by atoms with Gasteiger partial charge in [-0.3, -0.25) is 9.59 Å². The number of amides is 1. The number of hydrogen-bond acceptors (Lipinski definition) is 4. The molecular weight excluding hydrogens is 330 g/mol. The van der Waals surface area contributed by atoms with Gasteiger partial charge in [-0.05, 0) is 43.7 Å². The summed E-state index contributed by atoms with van der Waals surface area (Å²) >= 11 is 0. The van der Waals surface area contributed by atoms with E-state index in [0.29, 0.717) is 35.7 Å². The van der Waals surface area contributed by atoms with Gasteiger partial charge in [-0.25, -0.2) is 0 Å². The van der Waals surface area contributed by atoms with Gasteiger partial charge in [0.1, 0.15) is 5.75 Å². The average Bonchev–Trinajstić information content (AvgIpc) is 2.85. The monoisotopic (exact) mass is 353 g/mol. The Hall–Kier alpha value is -2.66. The Balaban J connectivity index is 1.88. The van der Waals surface area contributed by atoms with Gasteiger partial charge in [0, 0.05) is 17.7 Å². The summed E-state index contributed by atoms with van der Waals surface area (Å²) in [5.74, 6) is -0.0314. The third-order valence-corrected chi connectivity index (χ3v) is 4.59. The van der Waals surface area contributed by atoms with Crippen LogP contribution in [-0.2, 0) is 10.4 Å². The minimum absolute atomic E-state index is 0.281. The molecule has 0 saturated heterocycles. The second-order valence-corrected chi connectivity index (χ2v) is 6.39. The van der Waals surface area contributed by atoms with Crippen LogP contribution in [0.4, 0.5) is 5.69 Å². The van der Waals surface area contributed by atoms with Crippen LogP contribution >= 0.6 is 0 Å². The predicted octanol–water partition coefficient (Wildman–Crippen LogP) is 3.30. The van der Waals surface area contributed by atoms with Crippen molar-refractivity contribution >= 4 is 17.4 Å². The van der Waals surface area contributed by atoms with Crippen LogP contribution in [-0.4, -0.2) is 29.9 Å². The lowest BCUT2D eigenvalue weighted by Crippen LogP contribution is -2.42. The molecule has 3 rings (SSSR count). The highest BCUT2D eigenvalue weighted by Crippen LogP contribution is 2.42. The summed E-state index contributed by atoms with van der Waals surface area (Å²) in [5.41, 5.74) is -0.193. The first-order valence-corrected chi connectivity index (χ1v) is 8.91. The maximum atomic E-state index is 12.9. The highest BCUT2D eigenvalue weighted by Gasteiger charge is 2.50. The van der Waals surface area contributed by atoms with Gasteiger partial charge in [-0.2, -0.15) is 0 Å². The second kappa shape index (κ2) is 7.30. The second-order valence-electron chi connectivity index (χ2n) is 6.39. The molecule has 0 spiro atoms. The number of benzene rings is 2. The van der Waals surface area contributed by atoms with Crippen LogP contribution in [0.5, 0.6) is 5.75 Å². The van der Waals surface area contributed by atoms with E-state index in [1.54, 1.807) is 41.3 Å². The molecule has 1 amide bonds. The minimum atomic E-state index is -1.82. The molecule has 0 aliphatic carbocycles. The Bertz CT molecular complexity index is 815. The molecule has 1 heterocycles. The number of Topliss-reactive ketones (excluding diaryl/α,β-unsaturated/α-hetero) is 1. The Labute approximate surface area is 153 Å². The van der Waals surface area contributed by atoms with Gasteiger partial charge in [0.15, 0.2) is 11.4 Å². The van der Waals surface area contributed by atoms with Crippen LogP contribution in [0.1, 0.15) is 42.6 Å². The molecule has 1 unspecified atom stereocenters. The number of hydrogen-bond donors (Lipinski definition) is 1. The molecule has 1 atom stereocenters. The Kier molecular flexibility index (Phi) is 5.09. The average molecular weight is 353 g/mol. The van der Waals surface area contributed by atoms with Crippen LogP contribution in [0.15, 0.2) is 48.5 Å². The molecule has 0 bridgehead atoms. The SMILES string of the molecule is CCCN1C(=O)C(O)(CC(=O)c2ccc(OCC)cc2)c2ccccc21. The Morgan fingerprint density at radius 3 is 2.46 bits per heavy atom. The summed E-state index contributed by atoms with van der Waals surface area (Å²) in [4.78, 5) is 27.2. The highest BCUT2D eigenvalue weighted by atomic mass is 16.5. The first kappa shape index (κ1) is 18.1. The number of ether oxygens (including phenoxy) is 1. The van der Waals surface area contributed by atoms with Gasteiger partial charge < -0.3 is 14.7 Å². The maximum Gasteiger partial charge on any atom is 0.264 e. The van der Waals surface area contributed by atoms with Crippen LogP contribution in [0.25, 0.3) is 0 Å². The van der Waals surface area contributed by atoms with Crippen LogP contribution in [0.3, 0.4) is 0 Å². The fourth-order valence-electron chi connectivity index (χ4n) is 3.36. The van der Waals surface area contributed by atoms with E-state index >= 15 is 0 Å². The number of aliphatic hydroxyl groups is 1. The van der Waals surface area contributed by atoms with Crippen molar-refractivity contribution in [2.75, 3.05) is 18.1 Å². The smallest absolute Gasteiger partial charge is 0.264 e. The summed E-state index contributed by atoms with van der Waals surface area (Å²) in [6, 6.07) is 13.9. The molecule has 5 nitrogen and oxygen atoms in total. The summed E-state index contributed by atoms with van der Waals surface area (Å²) in [6.07, 6.45) is 0.486. The van der Waals surface area contributed by atoms with Gasteiger partial charge in [0.25, 0.3) is 5.91 Å². The third-order valence-electron chi connectivity index (χ3n) is 4.59. The number of nitrogens with zero attached hydrogens (tertiary/aromatic N) is 1. The zero-order valence-electron chi connectivity index (χ0n) is 15.1. The Morgan fingerprint density at radius 1 is 1.12 bits per heavy atom. The summed E-state index contributed by atoms with van der Waals surface area (Å²) < 4.78 is 5.38. The van der Waals surface area contributed by atoms with Crippen molar-refractivity contribution in [3.63, 3.8) is 0 Å². The molecule has 2 aromatic carbocycles. The normalized spacial score (nSPS) is 18.7. The fourth-order valence-corrected chi connectivity index (χ4v) is 3.36. The van der Waals surface area contributed by atoms with Crippen LogP contribution < -0.4 is 9.64 Å². The van der Waals surface area contributed by atoms with E-state index in [2.05, 4.69) is 0 Å². The molecule has 0 radical (unpaired) electrons. The molecule has 1 aliphatic rings. The molecule has 136 valence electrons. The van der Waals surface area contributed by atoms with Gasteiger partial charge in [-0.1, -0.05) is 25.1 Å². The van der Waals surface area contributed by atoms with E-state index in [1.165, 1.54) is 0 Å². The number of carbonyl (C=O) groups is 2. The first-order chi connectivity index (χ1) is 12.5. The highest BCUT2D eigenvalue weighted by molar-refractivity contribution is 6.10. The molecule has 1 aliphatic heterocycles. The topological polar surface area (TPSA) is 66.8 Å². The van der Waals surface area contributed by atoms with Crippen molar-refractivity contribution in [2.24, 2.45) is 0 Å². The Morgan fingerprint density at radius 2 is 1.81 bits per heavy atom. The van der Waals surface area contributed by atoms with Gasteiger partial charge in [0.05, 0.1) is 18.7 Å². The van der Waals surface area contributed by atoms with Gasteiger partial charge >= 0.3 is 0 Å². The lowest BCUT2D eigenvalue weighted by molar-refractivity contribution is -0.135. The summed E-state index contributed by atoms with van der Waals surface area (Å²) in [5, 5.41) is 11.1. The lowest BCUT2D eigenvalue weighted by atomic mass is 9.88. The molecule has 2 aromatic rings. The fraction of sp³-hybridized carbons (Fsp3) is 0.333. The van der Waals surface area contributed by atoms with E-state index in [0.717, 1.165) is 6.42 Å². The van der Waals surface area contributed by atoms with Crippen molar-refractivity contribution in [2.45, 2.75) is 32.3 Å². The van der Waals surface area contributed by atoms with Crippen molar-refractivity contribution in [3.8, 4) is 5.75 Å². The zero-order chi connectivity index (χ0) is 18.7. The largest absolute Gasteiger partial charge is 0.494 e. The zero-order valence-corrected chi connectivity index (χ0v) is 15.1. The van der Waals surface area contributed by atoms with Crippen molar-refractivity contribution in [1.82, 2.24) is 0 Å². The molecular formula is C21H23NO4. The molecule has 0 saturated carbocycles. The van der Waals surface area contributed by atoms with E-state index in [-0.39, 0.29) is 12.2 Å². The lowest BCUT2D eigenvalue weighted by Gasteiger charge is -2.22. The van der Waals surface area contributed by atoms with E-state index in [9.17, 15) is 14.7 Å². The number of carbonyl (C=O) groups excluding carboxylic acids is 2. The van der Waals surface area contributed by atoms with Gasteiger partial charge in [-0.15, -0.1) is 0 Å². The standard InChI is InChI=1S/C21H23NO4/c1-3-13-22-18-8-6-5-7-17(18)21(25,20(22)24)14-19(23)15-9-11-16(12-10-15)26-4-2/h5-12,25H,3-4,13-14H2,1-2H3. The third kappa shape index (κ3) is 3.10. The van der Waals surface area contributed by atoms with Crippen LogP contribution in [0, 0.1) is 0 Å². The molecule has 1 N–H and O–H groups in total. The molecule has 5 heteroatoms. The van der Waals surface area contributed by atoms with Crippen molar-refractivity contribution < 1.29 is 19.4 Å². The number of para-hydroxylation sites is 1. The van der Waals surface area contributed by atoms with Gasteiger partial charge in [0.2, 0.25) is 0 Å². The summed E-state index contributed by atoms with van der Waals surface area (Å²) in [6.45, 7) is 4.92. The molecule has 0 aromatic heterocycles. The van der Waals surface area contributed by atoms with E-state index in [4.69, 9.17) is 4.74 Å². The number of fused-ring (bicyclic) bond motifs is 1. The number of rotatable bonds is 7. The number of anilines is 1. The maximum absolute atomic E-state index is 12.9. The van der Waals surface area contributed by atoms with Crippen molar-refractivity contribution in [1.29, 1.82) is 0 Å². The molecule has 0 fully saturated rings. The first-order valence-electron chi connectivity index (χ1n) is 8.91. The van der Waals surface area contributed by atoms with E-state index in [1.807, 2.05) is 26.0 Å². The minimum Gasteiger partial charge on any atom is -0.494 e. The van der Waals surface area contributed by atoms with E-state index < -0.39 is 11.5 Å². The quantitative estimate of drug-likeness (QED) is 0.776. The summed E-state index contributed by atoms with van der Waals surface area (Å²) in [7, 11) is 0. The van der Waals surface area contributed by atoms with Crippen molar-refractivity contribution in [3.05, 3.63) is 59.7 Å². The predicted molar refractivity (Wildman–Crippen MR) is 99.5 cm³/mol. The number of ketones is 1. The molecule has 26 heavy (non-hydrogen) atoms. The van der Waals surface area contributed by atoms with Crippen LogP contribution in [0.2, 0.25) is 0 Å².